The van der Waals surface area contributed by atoms with Crippen LogP contribution in [0.15, 0.2) is 93.8 Å². The van der Waals surface area contributed by atoms with Crippen molar-refractivity contribution in [3.8, 4) is 0 Å². The minimum atomic E-state index is -0.225. The van der Waals surface area contributed by atoms with Gasteiger partial charge < -0.3 is 15.6 Å². The number of hydrazone groups is 1. The molecule has 0 aliphatic heterocycles. The Morgan fingerprint density at radius 1 is 0.971 bits per heavy atom. The third-order valence-corrected chi connectivity index (χ3v) is 6.38. The van der Waals surface area contributed by atoms with Crippen LogP contribution in [0.1, 0.15) is 27.0 Å². The maximum atomic E-state index is 13.2. The Labute approximate surface area is 207 Å². The first kappa shape index (κ1) is 24.1. The molecule has 1 aromatic heterocycles. The fourth-order valence-electron chi connectivity index (χ4n) is 3.68. The maximum absolute atomic E-state index is 13.2. The fourth-order valence-corrected chi connectivity index (χ4v) is 4.09. The molecule has 35 heavy (non-hydrogen) atoms. The molecular formula is C26H26N6O2S. The van der Waals surface area contributed by atoms with E-state index in [1.54, 1.807) is 40.7 Å². The molecule has 1 amide bonds. The Morgan fingerprint density at radius 3 is 2.34 bits per heavy atom. The second kappa shape index (κ2) is 10.9. The number of nitrogens with one attached hydrogen (secondary N) is 2. The number of thioether (sulfide) groups is 1. The number of nitrogens with zero attached hydrogens (tertiary/aromatic N) is 2. The minimum Gasteiger partial charge on any atom is -0.382 e. The van der Waals surface area contributed by atoms with Gasteiger partial charge in [0.25, 0.3) is 11.5 Å². The molecule has 3 aromatic carbocycles. The number of hydrazine groups is 1. The van der Waals surface area contributed by atoms with Gasteiger partial charge in [-0.2, -0.15) is 0 Å². The van der Waals surface area contributed by atoms with Crippen molar-refractivity contribution >= 4 is 34.3 Å². The van der Waals surface area contributed by atoms with E-state index in [-0.39, 0.29) is 17.3 Å². The molecule has 4 rings (SSSR count). The predicted octanol–water partition coefficient (Wildman–Crippen LogP) is 2.79. The van der Waals surface area contributed by atoms with Crippen LogP contribution >= 0.6 is 11.8 Å². The minimum absolute atomic E-state index is 0.165. The van der Waals surface area contributed by atoms with Crippen LogP contribution in [0, 0.1) is 0 Å². The molecule has 178 valence electrons. The number of pyridine rings is 1. The molecule has 0 unspecified atom stereocenters. The molecule has 0 saturated carbocycles. The second-order valence-electron chi connectivity index (χ2n) is 7.90. The lowest BCUT2D eigenvalue weighted by atomic mass is 10.1. The van der Waals surface area contributed by atoms with Crippen molar-refractivity contribution in [2.24, 2.45) is 16.7 Å². The summed E-state index contributed by atoms with van der Waals surface area (Å²) in [5, 5.41) is 7.95. The van der Waals surface area contributed by atoms with Gasteiger partial charge in [0.05, 0.1) is 6.54 Å². The van der Waals surface area contributed by atoms with Gasteiger partial charge in [-0.3, -0.25) is 9.59 Å². The zero-order valence-electron chi connectivity index (χ0n) is 19.2. The number of hydrogen-bond acceptors (Lipinski definition) is 6. The highest BCUT2D eigenvalue weighted by Crippen LogP contribution is 2.16. The first-order valence-electron chi connectivity index (χ1n) is 10.9. The van der Waals surface area contributed by atoms with E-state index in [4.69, 9.17) is 11.6 Å². The highest BCUT2D eigenvalue weighted by molar-refractivity contribution is 7.98. The summed E-state index contributed by atoms with van der Waals surface area (Å²) in [4.78, 5) is 27.1. The van der Waals surface area contributed by atoms with Crippen molar-refractivity contribution in [3.63, 3.8) is 0 Å². The van der Waals surface area contributed by atoms with E-state index in [1.807, 2.05) is 60.9 Å². The van der Waals surface area contributed by atoms with Gasteiger partial charge in [-0.05, 0) is 53.1 Å². The number of fused-ring (bicyclic) bond motifs is 1. The molecule has 8 nitrogen and oxygen atoms in total. The van der Waals surface area contributed by atoms with Crippen molar-refractivity contribution < 1.29 is 4.79 Å². The summed E-state index contributed by atoms with van der Waals surface area (Å²) in [6.45, 7) is 0.792. The van der Waals surface area contributed by atoms with Crippen LogP contribution in [0.25, 0.3) is 10.8 Å². The van der Waals surface area contributed by atoms with Gasteiger partial charge in [-0.1, -0.05) is 42.5 Å². The summed E-state index contributed by atoms with van der Waals surface area (Å²) in [6.07, 6.45) is 3.78. The van der Waals surface area contributed by atoms with E-state index in [1.165, 1.54) is 4.90 Å². The Bertz CT molecular complexity index is 1430. The number of hydrogen-bond donors (Lipinski definition) is 4. The summed E-state index contributed by atoms with van der Waals surface area (Å²) in [5.41, 5.74) is 10.9. The van der Waals surface area contributed by atoms with Gasteiger partial charge in [0, 0.05) is 34.2 Å². The summed E-state index contributed by atoms with van der Waals surface area (Å²) in [5.74, 6) is 5.21. The van der Waals surface area contributed by atoms with E-state index < -0.39 is 0 Å². The molecule has 9 heteroatoms. The number of amidine groups is 1. The first-order valence-corrected chi connectivity index (χ1v) is 12.1. The molecule has 0 saturated heterocycles. The number of amides is 1. The number of aromatic nitrogens is 1. The SMILES string of the molecule is CSc1ccc(CNC(=O)c2ccc3ccn(Cc4ccc(/C(N)=N/NN)cc4)c(=O)c3c2)cc1. The summed E-state index contributed by atoms with van der Waals surface area (Å²) >= 11 is 1.67. The van der Waals surface area contributed by atoms with E-state index in [0.29, 0.717) is 29.6 Å². The van der Waals surface area contributed by atoms with Crippen molar-refractivity contribution in [3.05, 3.63) is 112 Å². The highest BCUT2D eigenvalue weighted by Gasteiger charge is 2.10. The van der Waals surface area contributed by atoms with E-state index >= 15 is 0 Å². The lowest BCUT2D eigenvalue weighted by Crippen LogP contribution is -2.24. The molecule has 0 radical (unpaired) electrons. The van der Waals surface area contributed by atoms with Crippen LogP contribution in [0.5, 0.6) is 0 Å². The molecule has 6 N–H and O–H groups in total. The van der Waals surface area contributed by atoms with E-state index in [0.717, 1.165) is 16.5 Å². The van der Waals surface area contributed by atoms with Crippen molar-refractivity contribution in [1.82, 2.24) is 15.4 Å². The zero-order chi connectivity index (χ0) is 24.8. The van der Waals surface area contributed by atoms with Gasteiger partial charge in [-0.15, -0.1) is 16.9 Å². The third-order valence-electron chi connectivity index (χ3n) is 5.64. The zero-order valence-corrected chi connectivity index (χ0v) is 20.0. The first-order chi connectivity index (χ1) is 17.0. The van der Waals surface area contributed by atoms with Crippen LogP contribution in [0.4, 0.5) is 0 Å². The van der Waals surface area contributed by atoms with Gasteiger partial charge in [0.2, 0.25) is 0 Å². The Morgan fingerprint density at radius 2 is 1.66 bits per heavy atom. The van der Waals surface area contributed by atoms with Crippen LogP contribution in [-0.2, 0) is 13.1 Å². The number of benzene rings is 3. The normalized spacial score (nSPS) is 11.4. The third kappa shape index (κ3) is 5.71. The van der Waals surface area contributed by atoms with Gasteiger partial charge in [0.1, 0.15) is 0 Å². The maximum Gasteiger partial charge on any atom is 0.258 e. The monoisotopic (exact) mass is 486 g/mol. The van der Waals surface area contributed by atoms with Gasteiger partial charge in [-0.25, -0.2) is 11.4 Å². The number of carbonyl (C=O) groups excluding carboxylic acids is 1. The van der Waals surface area contributed by atoms with Crippen LogP contribution in [0.3, 0.4) is 0 Å². The van der Waals surface area contributed by atoms with Gasteiger partial charge in [0.15, 0.2) is 5.84 Å². The largest absolute Gasteiger partial charge is 0.382 e. The average molecular weight is 487 g/mol. The lowest BCUT2D eigenvalue weighted by molar-refractivity contribution is 0.0951. The number of rotatable bonds is 8. The second-order valence-corrected chi connectivity index (χ2v) is 8.78. The van der Waals surface area contributed by atoms with E-state index in [2.05, 4.69) is 16.0 Å². The molecule has 0 fully saturated rings. The van der Waals surface area contributed by atoms with Gasteiger partial charge >= 0.3 is 0 Å². The van der Waals surface area contributed by atoms with Crippen LogP contribution in [0.2, 0.25) is 0 Å². The van der Waals surface area contributed by atoms with Crippen molar-refractivity contribution in [2.45, 2.75) is 18.0 Å². The molecule has 0 spiro atoms. The smallest absolute Gasteiger partial charge is 0.258 e. The Kier molecular flexibility index (Phi) is 7.49. The average Bonchev–Trinajstić information content (AvgIpc) is 2.89. The summed E-state index contributed by atoms with van der Waals surface area (Å²) < 4.78 is 1.62. The molecule has 0 aliphatic carbocycles. The molecule has 0 aliphatic rings. The topological polar surface area (TPSA) is 128 Å². The predicted molar refractivity (Wildman–Crippen MR) is 141 cm³/mol. The standard InChI is InChI=1S/C26H26N6O2S/c1-35-22-10-4-17(5-11-22)15-29-25(33)21-9-8-19-12-13-32(26(34)23(19)14-21)16-18-2-6-20(7-3-18)24(27)30-31-28/h2-14,31H,15-16,28H2,1H3,(H2,27,30)(H,29,33). The number of nitrogens with two attached hydrogens (primary N) is 2. The van der Waals surface area contributed by atoms with Crippen LogP contribution in [-0.4, -0.2) is 22.6 Å². The Balaban J connectivity index is 1.51. The fraction of sp³-hybridized carbons (Fsp3) is 0.115. The molecule has 1 heterocycles. The molecule has 0 atom stereocenters. The molecular weight excluding hydrogens is 460 g/mol. The van der Waals surface area contributed by atoms with Crippen molar-refractivity contribution in [1.29, 1.82) is 0 Å². The highest BCUT2D eigenvalue weighted by atomic mass is 32.2. The summed E-state index contributed by atoms with van der Waals surface area (Å²) in [6, 6.07) is 22.5. The molecule has 4 aromatic rings. The number of carbonyl (C=O) groups is 1. The van der Waals surface area contributed by atoms with E-state index in [9.17, 15) is 9.59 Å². The Hall–Kier alpha value is -4.08. The quantitative estimate of drug-likeness (QED) is 0.0997. The molecule has 0 bridgehead atoms. The van der Waals surface area contributed by atoms with Crippen LogP contribution < -0.4 is 28.0 Å². The lowest BCUT2D eigenvalue weighted by Gasteiger charge is -2.10. The van der Waals surface area contributed by atoms with Crippen molar-refractivity contribution in [2.75, 3.05) is 6.26 Å². The summed E-state index contributed by atoms with van der Waals surface area (Å²) in [7, 11) is 0.